The molecule has 2 atom stereocenters. The number of amides is 1. The first kappa shape index (κ1) is 23.3. The predicted molar refractivity (Wildman–Crippen MR) is 118 cm³/mol. The first-order valence-electron chi connectivity index (χ1n) is 11.2. The second-order valence-electron chi connectivity index (χ2n) is 8.96. The number of piperidine rings is 1. The standard InChI is InChI=1S/C24H25ClF2N2O5/c1-31-21-19(32-13-15-10-23(26,27)11-15)6-5-18(28-21)22(30)29-8-7-24(20(12-29)33-14-34-24)16-3-2-4-17(25)9-16/h2-6,9,15,20H,7-8,10-14H2,1H3/t20?,24-/m1/s1. The van der Waals surface area contributed by atoms with Gasteiger partial charge >= 0.3 is 0 Å². The van der Waals surface area contributed by atoms with Crippen molar-refractivity contribution in [1.82, 2.24) is 9.88 Å². The summed E-state index contributed by atoms with van der Waals surface area (Å²) in [6, 6.07) is 10.7. The summed E-state index contributed by atoms with van der Waals surface area (Å²) in [5, 5.41) is 0.615. The number of alkyl halides is 2. The molecule has 1 aromatic carbocycles. The van der Waals surface area contributed by atoms with E-state index in [4.69, 9.17) is 30.5 Å². The van der Waals surface area contributed by atoms with Gasteiger partial charge in [-0.15, -0.1) is 0 Å². The number of carbonyl (C=O) groups excluding carboxylic acids is 1. The maximum absolute atomic E-state index is 13.2. The summed E-state index contributed by atoms with van der Waals surface area (Å²) in [5.41, 5.74) is 0.483. The van der Waals surface area contributed by atoms with Crippen molar-refractivity contribution in [1.29, 1.82) is 0 Å². The Morgan fingerprint density at radius 1 is 1.29 bits per heavy atom. The molecule has 10 heteroatoms. The van der Waals surface area contributed by atoms with E-state index in [1.165, 1.54) is 7.11 Å². The Kier molecular flexibility index (Phi) is 6.12. The van der Waals surface area contributed by atoms with Gasteiger partial charge in [-0.05, 0) is 29.8 Å². The third kappa shape index (κ3) is 4.32. The summed E-state index contributed by atoms with van der Waals surface area (Å²) in [4.78, 5) is 19.2. The van der Waals surface area contributed by atoms with Crippen molar-refractivity contribution in [3.05, 3.63) is 52.7 Å². The topological polar surface area (TPSA) is 70.1 Å². The highest BCUT2D eigenvalue weighted by Crippen LogP contribution is 2.44. The first-order valence-corrected chi connectivity index (χ1v) is 11.5. The second kappa shape index (κ2) is 8.94. The van der Waals surface area contributed by atoms with Gasteiger partial charge in [-0.2, -0.15) is 0 Å². The number of hydrogen-bond acceptors (Lipinski definition) is 6. The Hall–Kier alpha value is -2.49. The molecule has 7 nitrogen and oxygen atoms in total. The van der Waals surface area contributed by atoms with Gasteiger partial charge in [0.25, 0.3) is 11.8 Å². The van der Waals surface area contributed by atoms with Crippen LogP contribution in [0.2, 0.25) is 5.02 Å². The fraction of sp³-hybridized carbons (Fsp3) is 0.500. The van der Waals surface area contributed by atoms with Crippen molar-refractivity contribution >= 4 is 17.5 Å². The third-order valence-corrected chi connectivity index (χ3v) is 6.97. The summed E-state index contributed by atoms with van der Waals surface area (Å²) in [6.45, 7) is 1.08. The molecule has 1 amide bonds. The van der Waals surface area contributed by atoms with Crippen LogP contribution in [0.15, 0.2) is 36.4 Å². The van der Waals surface area contributed by atoms with Gasteiger partial charge < -0.3 is 23.8 Å². The molecule has 1 unspecified atom stereocenters. The van der Waals surface area contributed by atoms with Crippen LogP contribution in [0.4, 0.5) is 8.78 Å². The van der Waals surface area contributed by atoms with Crippen LogP contribution in [0.5, 0.6) is 11.6 Å². The van der Waals surface area contributed by atoms with Gasteiger partial charge in [0.1, 0.15) is 24.2 Å². The highest BCUT2D eigenvalue weighted by Gasteiger charge is 2.51. The lowest BCUT2D eigenvalue weighted by Crippen LogP contribution is -2.53. The molecule has 0 N–H and O–H groups in total. The van der Waals surface area contributed by atoms with Gasteiger partial charge in [0.2, 0.25) is 5.92 Å². The van der Waals surface area contributed by atoms with Gasteiger partial charge in [0.05, 0.1) is 20.3 Å². The Morgan fingerprint density at radius 3 is 2.85 bits per heavy atom. The van der Waals surface area contributed by atoms with E-state index >= 15 is 0 Å². The number of pyridine rings is 1. The van der Waals surface area contributed by atoms with E-state index in [1.54, 1.807) is 23.1 Å². The smallest absolute Gasteiger partial charge is 0.272 e. The van der Waals surface area contributed by atoms with Crippen LogP contribution in [0.1, 0.15) is 35.3 Å². The second-order valence-corrected chi connectivity index (χ2v) is 9.40. The highest BCUT2D eigenvalue weighted by atomic mass is 35.5. The van der Waals surface area contributed by atoms with Crippen LogP contribution in [0.3, 0.4) is 0 Å². The lowest BCUT2D eigenvalue weighted by molar-refractivity contribution is -0.119. The number of benzene rings is 1. The van der Waals surface area contributed by atoms with Gasteiger partial charge in [-0.25, -0.2) is 13.8 Å². The summed E-state index contributed by atoms with van der Waals surface area (Å²) >= 11 is 6.19. The lowest BCUT2D eigenvalue weighted by atomic mass is 9.82. The van der Waals surface area contributed by atoms with E-state index in [9.17, 15) is 13.6 Å². The molecule has 0 bridgehead atoms. The molecule has 34 heavy (non-hydrogen) atoms. The Bertz CT molecular complexity index is 1080. The number of nitrogens with zero attached hydrogens (tertiary/aromatic N) is 2. The van der Waals surface area contributed by atoms with Crippen LogP contribution >= 0.6 is 11.6 Å². The van der Waals surface area contributed by atoms with E-state index in [2.05, 4.69) is 4.98 Å². The van der Waals surface area contributed by atoms with Gasteiger partial charge in [0, 0.05) is 36.7 Å². The summed E-state index contributed by atoms with van der Waals surface area (Å²) in [5.74, 6) is -2.61. The number of likely N-dealkylation sites (tertiary alicyclic amines) is 1. The monoisotopic (exact) mass is 494 g/mol. The Morgan fingerprint density at radius 2 is 2.12 bits per heavy atom. The molecule has 5 rings (SSSR count). The molecule has 1 saturated carbocycles. The summed E-state index contributed by atoms with van der Waals surface area (Å²) in [7, 11) is 1.42. The number of halogens is 3. The van der Waals surface area contributed by atoms with E-state index < -0.39 is 11.5 Å². The molecule has 2 aromatic rings. The van der Waals surface area contributed by atoms with Gasteiger partial charge in [-0.1, -0.05) is 23.7 Å². The van der Waals surface area contributed by atoms with E-state index in [1.807, 2.05) is 18.2 Å². The van der Waals surface area contributed by atoms with Crippen LogP contribution in [-0.4, -0.2) is 61.4 Å². The van der Waals surface area contributed by atoms with Gasteiger partial charge in [-0.3, -0.25) is 4.79 Å². The highest BCUT2D eigenvalue weighted by molar-refractivity contribution is 6.30. The van der Waals surface area contributed by atoms with Crippen LogP contribution in [-0.2, 0) is 15.1 Å². The zero-order valence-electron chi connectivity index (χ0n) is 18.6. The molecular weight excluding hydrogens is 470 g/mol. The van der Waals surface area contributed by atoms with E-state index in [0.29, 0.717) is 30.3 Å². The molecule has 1 aliphatic carbocycles. The van der Waals surface area contributed by atoms with E-state index in [0.717, 1.165) is 5.56 Å². The van der Waals surface area contributed by atoms with Crippen molar-refractivity contribution in [3.8, 4) is 11.6 Å². The number of ether oxygens (including phenoxy) is 4. The molecule has 3 fully saturated rings. The number of rotatable bonds is 6. The minimum atomic E-state index is -2.60. The molecular formula is C24H25ClF2N2O5. The summed E-state index contributed by atoms with van der Waals surface area (Å²) < 4.78 is 48.9. The molecule has 3 aliphatic rings. The van der Waals surface area contributed by atoms with Crippen molar-refractivity contribution in [2.24, 2.45) is 5.92 Å². The fourth-order valence-electron chi connectivity index (χ4n) is 4.90. The average molecular weight is 495 g/mol. The molecule has 2 saturated heterocycles. The van der Waals surface area contributed by atoms with E-state index in [-0.39, 0.29) is 55.7 Å². The normalized spacial score (nSPS) is 26.0. The molecule has 182 valence electrons. The van der Waals surface area contributed by atoms with Crippen molar-refractivity contribution in [2.75, 3.05) is 33.6 Å². The fourth-order valence-corrected chi connectivity index (χ4v) is 5.09. The number of aromatic nitrogens is 1. The van der Waals surface area contributed by atoms with Crippen molar-refractivity contribution in [2.45, 2.75) is 36.9 Å². The van der Waals surface area contributed by atoms with Crippen molar-refractivity contribution in [3.63, 3.8) is 0 Å². The Labute approximate surface area is 200 Å². The minimum absolute atomic E-state index is 0.141. The average Bonchev–Trinajstić information content (AvgIpc) is 3.25. The zero-order chi connectivity index (χ0) is 23.9. The van der Waals surface area contributed by atoms with Crippen LogP contribution in [0, 0.1) is 5.92 Å². The van der Waals surface area contributed by atoms with Crippen LogP contribution < -0.4 is 9.47 Å². The first-order chi connectivity index (χ1) is 16.3. The minimum Gasteiger partial charge on any atom is -0.488 e. The maximum atomic E-state index is 13.2. The summed E-state index contributed by atoms with van der Waals surface area (Å²) in [6.07, 6.45) is -0.155. The zero-order valence-corrected chi connectivity index (χ0v) is 19.4. The molecule has 0 spiro atoms. The molecule has 3 heterocycles. The molecule has 1 aromatic heterocycles. The number of carbonyl (C=O) groups is 1. The van der Waals surface area contributed by atoms with Gasteiger partial charge in [0.15, 0.2) is 5.75 Å². The number of fused-ring (bicyclic) bond motifs is 1. The third-order valence-electron chi connectivity index (χ3n) is 6.73. The SMILES string of the molecule is COc1nc(C(=O)N2CC[C@]3(c4cccc(Cl)c4)OCOC3C2)ccc1OCC1CC(F)(F)C1. The maximum Gasteiger partial charge on any atom is 0.272 e. The van der Waals surface area contributed by atoms with Crippen molar-refractivity contribution < 1.29 is 32.5 Å². The molecule has 2 aliphatic heterocycles. The predicted octanol–water partition coefficient (Wildman–Crippen LogP) is 4.28. The Balaban J connectivity index is 1.27. The largest absolute Gasteiger partial charge is 0.488 e. The van der Waals surface area contributed by atoms with Crippen LogP contribution in [0.25, 0.3) is 0 Å². The number of methoxy groups -OCH3 is 1. The molecule has 0 radical (unpaired) electrons. The lowest BCUT2D eigenvalue weighted by Gasteiger charge is -2.41. The quantitative estimate of drug-likeness (QED) is 0.597. The number of hydrogen-bond donors (Lipinski definition) is 0.